The van der Waals surface area contributed by atoms with Gasteiger partial charge in [0.25, 0.3) is 0 Å². The summed E-state index contributed by atoms with van der Waals surface area (Å²) >= 11 is 0. The van der Waals surface area contributed by atoms with E-state index in [1.54, 1.807) is 32.3 Å². The zero-order valence-corrected chi connectivity index (χ0v) is 13.2. The Bertz CT molecular complexity index is 661. The number of likely N-dealkylation sites (N-methyl/N-ethyl adjacent to an activating group) is 1. The number of nitrogens with zero attached hydrogens (tertiary/aromatic N) is 1. The molecule has 0 saturated carbocycles. The maximum atomic E-state index is 12.3. The van der Waals surface area contributed by atoms with Gasteiger partial charge in [-0.05, 0) is 23.8 Å². The van der Waals surface area contributed by atoms with E-state index >= 15 is 0 Å². The van der Waals surface area contributed by atoms with Crippen LogP contribution >= 0.6 is 0 Å². The SMILES string of the molecule is CN(C)C(=O)[C@H](Cc1ccccc1)NC(=O)/C=C/c1ccco1. The van der Waals surface area contributed by atoms with Gasteiger partial charge in [-0.2, -0.15) is 0 Å². The lowest BCUT2D eigenvalue weighted by Crippen LogP contribution is -2.47. The standard InChI is InChI=1S/C18H20N2O3/c1-20(2)18(22)16(13-14-7-4-3-5-8-14)19-17(21)11-10-15-9-6-12-23-15/h3-12,16H,13H2,1-2H3,(H,19,21)/b11-10+/t16-/m0/s1. The van der Waals surface area contributed by atoms with E-state index in [1.165, 1.54) is 17.2 Å². The van der Waals surface area contributed by atoms with Gasteiger partial charge in [-0.1, -0.05) is 30.3 Å². The van der Waals surface area contributed by atoms with Gasteiger partial charge in [0.1, 0.15) is 11.8 Å². The molecule has 2 aromatic rings. The minimum atomic E-state index is -0.610. The molecule has 0 fully saturated rings. The summed E-state index contributed by atoms with van der Waals surface area (Å²) in [6.07, 6.45) is 4.90. The van der Waals surface area contributed by atoms with Crippen molar-refractivity contribution in [3.8, 4) is 0 Å². The molecule has 0 bridgehead atoms. The first kappa shape index (κ1) is 16.5. The number of carbonyl (C=O) groups excluding carboxylic acids is 2. The van der Waals surface area contributed by atoms with Gasteiger partial charge >= 0.3 is 0 Å². The second kappa shape index (κ2) is 7.98. The highest BCUT2D eigenvalue weighted by Gasteiger charge is 2.21. The second-order valence-electron chi connectivity index (χ2n) is 5.33. The Morgan fingerprint density at radius 2 is 1.91 bits per heavy atom. The molecule has 2 rings (SSSR count). The maximum Gasteiger partial charge on any atom is 0.244 e. The molecule has 1 aromatic heterocycles. The minimum absolute atomic E-state index is 0.145. The lowest BCUT2D eigenvalue weighted by molar-refractivity contribution is -0.133. The summed E-state index contributed by atoms with van der Waals surface area (Å²) in [5.74, 6) is 0.102. The van der Waals surface area contributed by atoms with Crippen LogP contribution in [-0.4, -0.2) is 36.9 Å². The van der Waals surface area contributed by atoms with Crippen LogP contribution in [0, 0.1) is 0 Å². The number of hydrogen-bond acceptors (Lipinski definition) is 3. The van der Waals surface area contributed by atoms with Crippen LogP contribution in [0.25, 0.3) is 6.08 Å². The average Bonchev–Trinajstić information content (AvgIpc) is 3.06. The molecule has 1 atom stereocenters. The van der Waals surface area contributed by atoms with E-state index in [9.17, 15) is 9.59 Å². The quantitative estimate of drug-likeness (QED) is 0.831. The fourth-order valence-corrected chi connectivity index (χ4v) is 2.13. The normalized spacial score (nSPS) is 12.1. The van der Waals surface area contributed by atoms with Gasteiger partial charge in [0.05, 0.1) is 6.26 Å². The Morgan fingerprint density at radius 1 is 1.17 bits per heavy atom. The number of carbonyl (C=O) groups is 2. The molecule has 0 saturated heterocycles. The molecule has 0 radical (unpaired) electrons. The van der Waals surface area contributed by atoms with Crippen LogP contribution in [-0.2, 0) is 16.0 Å². The van der Waals surface area contributed by atoms with E-state index < -0.39 is 6.04 Å². The number of benzene rings is 1. The van der Waals surface area contributed by atoms with Crippen LogP contribution in [0.4, 0.5) is 0 Å². The lowest BCUT2D eigenvalue weighted by atomic mass is 10.0. The van der Waals surface area contributed by atoms with Gasteiger partial charge in [-0.3, -0.25) is 9.59 Å². The molecule has 0 aliphatic heterocycles. The monoisotopic (exact) mass is 312 g/mol. The third-order valence-corrected chi connectivity index (χ3v) is 3.28. The fourth-order valence-electron chi connectivity index (χ4n) is 2.13. The molecular weight excluding hydrogens is 292 g/mol. The first-order chi connectivity index (χ1) is 11.1. The minimum Gasteiger partial charge on any atom is -0.465 e. The Kier molecular flexibility index (Phi) is 5.74. The highest BCUT2D eigenvalue weighted by atomic mass is 16.3. The zero-order chi connectivity index (χ0) is 16.7. The smallest absolute Gasteiger partial charge is 0.244 e. The maximum absolute atomic E-state index is 12.3. The fraction of sp³-hybridized carbons (Fsp3) is 0.222. The van der Waals surface area contributed by atoms with Crippen molar-refractivity contribution < 1.29 is 14.0 Å². The molecule has 5 heteroatoms. The van der Waals surface area contributed by atoms with Crippen LogP contribution in [0.2, 0.25) is 0 Å². The Hall–Kier alpha value is -2.82. The van der Waals surface area contributed by atoms with Crippen molar-refractivity contribution in [1.82, 2.24) is 10.2 Å². The predicted molar refractivity (Wildman–Crippen MR) is 88.5 cm³/mol. The number of rotatable bonds is 6. The summed E-state index contributed by atoms with van der Waals surface area (Å²) in [4.78, 5) is 25.8. The van der Waals surface area contributed by atoms with Crippen LogP contribution in [0.3, 0.4) is 0 Å². The van der Waals surface area contributed by atoms with Crippen molar-refractivity contribution in [2.45, 2.75) is 12.5 Å². The van der Waals surface area contributed by atoms with Crippen molar-refractivity contribution in [3.63, 3.8) is 0 Å². The second-order valence-corrected chi connectivity index (χ2v) is 5.33. The number of nitrogens with one attached hydrogen (secondary N) is 1. The molecule has 1 aromatic carbocycles. The number of hydrogen-bond donors (Lipinski definition) is 1. The molecule has 2 amide bonds. The van der Waals surface area contributed by atoms with Gasteiger partial charge in [0, 0.05) is 26.6 Å². The van der Waals surface area contributed by atoms with E-state index in [-0.39, 0.29) is 11.8 Å². The molecular formula is C18H20N2O3. The van der Waals surface area contributed by atoms with E-state index in [0.29, 0.717) is 12.2 Å². The summed E-state index contributed by atoms with van der Waals surface area (Å²) in [6, 6.07) is 12.5. The van der Waals surface area contributed by atoms with Crippen molar-refractivity contribution in [1.29, 1.82) is 0 Å². The molecule has 0 spiro atoms. The van der Waals surface area contributed by atoms with E-state index in [0.717, 1.165) is 5.56 Å². The first-order valence-electron chi connectivity index (χ1n) is 7.33. The van der Waals surface area contributed by atoms with E-state index in [4.69, 9.17) is 4.42 Å². The molecule has 0 aliphatic rings. The summed E-state index contributed by atoms with van der Waals surface area (Å²) in [5, 5.41) is 2.75. The van der Waals surface area contributed by atoms with Gasteiger partial charge in [-0.25, -0.2) is 0 Å². The predicted octanol–water partition coefficient (Wildman–Crippen LogP) is 2.11. The highest BCUT2D eigenvalue weighted by Crippen LogP contribution is 2.06. The molecule has 1 N–H and O–H groups in total. The molecule has 0 unspecified atom stereocenters. The third kappa shape index (κ3) is 5.14. The highest BCUT2D eigenvalue weighted by molar-refractivity contribution is 5.95. The Morgan fingerprint density at radius 3 is 2.52 bits per heavy atom. The van der Waals surface area contributed by atoms with Gasteiger partial charge in [-0.15, -0.1) is 0 Å². The Balaban J connectivity index is 2.04. The first-order valence-corrected chi connectivity index (χ1v) is 7.33. The van der Waals surface area contributed by atoms with Gasteiger partial charge in [0.2, 0.25) is 11.8 Å². The van der Waals surface area contributed by atoms with Crippen molar-refractivity contribution >= 4 is 17.9 Å². The summed E-state index contributed by atoms with van der Waals surface area (Å²) in [7, 11) is 3.34. The number of amides is 2. The summed E-state index contributed by atoms with van der Waals surface area (Å²) < 4.78 is 5.13. The van der Waals surface area contributed by atoms with Crippen molar-refractivity contribution in [3.05, 3.63) is 66.1 Å². The largest absolute Gasteiger partial charge is 0.465 e. The molecule has 5 nitrogen and oxygen atoms in total. The Labute approximate surface area is 135 Å². The topological polar surface area (TPSA) is 62.6 Å². The summed E-state index contributed by atoms with van der Waals surface area (Å²) in [6.45, 7) is 0. The van der Waals surface area contributed by atoms with Crippen LogP contribution < -0.4 is 5.32 Å². The van der Waals surface area contributed by atoms with Crippen LogP contribution in [0.5, 0.6) is 0 Å². The van der Waals surface area contributed by atoms with Gasteiger partial charge < -0.3 is 14.6 Å². The molecule has 0 aliphatic carbocycles. The third-order valence-electron chi connectivity index (χ3n) is 3.28. The van der Waals surface area contributed by atoms with Crippen LogP contribution in [0.1, 0.15) is 11.3 Å². The van der Waals surface area contributed by atoms with E-state index in [1.807, 2.05) is 30.3 Å². The van der Waals surface area contributed by atoms with Crippen LogP contribution in [0.15, 0.2) is 59.2 Å². The average molecular weight is 312 g/mol. The molecule has 23 heavy (non-hydrogen) atoms. The van der Waals surface area contributed by atoms with Crippen molar-refractivity contribution in [2.75, 3.05) is 14.1 Å². The molecule has 120 valence electrons. The van der Waals surface area contributed by atoms with Crippen molar-refractivity contribution in [2.24, 2.45) is 0 Å². The number of furan rings is 1. The molecule has 1 heterocycles. The van der Waals surface area contributed by atoms with Gasteiger partial charge in [0.15, 0.2) is 0 Å². The van der Waals surface area contributed by atoms with E-state index in [2.05, 4.69) is 5.32 Å². The zero-order valence-electron chi connectivity index (χ0n) is 13.2. The summed E-state index contributed by atoms with van der Waals surface area (Å²) in [5.41, 5.74) is 0.989. The lowest BCUT2D eigenvalue weighted by Gasteiger charge is -2.21.